The molecule has 6 rings (SSSR count). The van der Waals surface area contributed by atoms with E-state index in [-0.39, 0.29) is 5.91 Å². The third kappa shape index (κ3) is 3.56. The molecule has 0 heterocycles. The summed E-state index contributed by atoms with van der Waals surface area (Å²) in [6, 6.07) is 16.5. The van der Waals surface area contributed by atoms with Crippen molar-refractivity contribution in [1.82, 2.24) is 0 Å². The number of hydrogen-bond acceptors (Lipinski definition) is 2. The summed E-state index contributed by atoms with van der Waals surface area (Å²) in [5.74, 6) is 3.48. The summed E-state index contributed by atoms with van der Waals surface area (Å²) < 4.78 is 5.86. The molecule has 152 valence electrons. The second kappa shape index (κ2) is 7.19. The fraction of sp³-hybridized carbons (Fsp3) is 0.500. The number of benzene rings is 2. The van der Waals surface area contributed by atoms with E-state index in [2.05, 4.69) is 29.6 Å². The van der Waals surface area contributed by atoms with Gasteiger partial charge in [-0.2, -0.15) is 0 Å². The molecule has 3 heteroatoms. The van der Waals surface area contributed by atoms with Crippen LogP contribution in [0.5, 0.6) is 5.75 Å². The standard InChI is InChI=1S/C26H31NO2/c1-17-5-3-4-6-24(17)29-18(2)25(28)27-23-9-7-22(8-10-23)26-14-19-11-20(15-26)13-21(12-19)16-26/h3-10,18-21H,11-16H2,1-2H3,(H,27,28)/t18-,19?,20?,21?,26?/m1/s1. The monoisotopic (exact) mass is 389 g/mol. The topological polar surface area (TPSA) is 38.3 Å². The number of ether oxygens (including phenoxy) is 1. The van der Waals surface area contributed by atoms with E-state index in [4.69, 9.17) is 4.74 Å². The van der Waals surface area contributed by atoms with Crippen LogP contribution in [0.4, 0.5) is 5.69 Å². The third-order valence-electron chi connectivity index (χ3n) is 7.57. The molecule has 3 nitrogen and oxygen atoms in total. The second-order valence-electron chi connectivity index (χ2n) is 9.79. The van der Waals surface area contributed by atoms with E-state index in [1.807, 2.05) is 31.2 Å². The first kappa shape index (κ1) is 18.7. The highest BCUT2D eigenvalue weighted by Gasteiger charge is 2.51. The van der Waals surface area contributed by atoms with Gasteiger partial charge in [0, 0.05) is 5.69 Å². The Morgan fingerprint density at radius 3 is 2.14 bits per heavy atom. The SMILES string of the molecule is Cc1ccccc1O[C@H](C)C(=O)Nc1ccc(C23CC4CC(CC(C4)C2)C3)cc1. The highest BCUT2D eigenvalue weighted by molar-refractivity contribution is 5.94. The molecule has 0 aliphatic heterocycles. The van der Waals surface area contributed by atoms with Crippen LogP contribution in [0.2, 0.25) is 0 Å². The third-order valence-corrected chi connectivity index (χ3v) is 7.57. The molecule has 1 amide bonds. The zero-order valence-electron chi connectivity index (χ0n) is 17.5. The lowest BCUT2D eigenvalue weighted by Gasteiger charge is -2.57. The number of nitrogens with one attached hydrogen (secondary N) is 1. The van der Waals surface area contributed by atoms with Crippen LogP contribution >= 0.6 is 0 Å². The molecular weight excluding hydrogens is 358 g/mol. The highest BCUT2D eigenvalue weighted by atomic mass is 16.5. The molecule has 0 aromatic heterocycles. The lowest BCUT2D eigenvalue weighted by molar-refractivity contribution is -0.122. The Labute approximate surface area is 173 Å². The molecule has 4 bridgehead atoms. The Morgan fingerprint density at radius 2 is 1.55 bits per heavy atom. The number of hydrogen-bond donors (Lipinski definition) is 1. The summed E-state index contributed by atoms with van der Waals surface area (Å²) in [4.78, 5) is 12.6. The maximum Gasteiger partial charge on any atom is 0.265 e. The van der Waals surface area contributed by atoms with Crippen molar-refractivity contribution >= 4 is 11.6 Å². The first-order valence-corrected chi connectivity index (χ1v) is 11.1. The van der Waals surface area contributed by atoms with Gasteiger partial charge in [0.25, 0.3) is 5.91 Å². The number of carbonyl (C=O) groups excluding carboxylic acids is 1. The van der Waals surface area contributed by atoms with Crippen LogP contribution in [-0.2, 0) is 10.2 Å². The van der Waals surface area contributed by atoms with Crippen molar-refractivity contribution in [1.29, 1.82) is 0 Å². The van der Waals surface area contributed by atoms with Gasteiger partial charge >= 0.3 is 0 Å². The number of carbonyl (C=O) groups is 1. The summed E-state index contributed by atoms with van der Waals surface area (Å²) in [6.07, 6.45) is 7.95. The number of rotatable bonds is 5. The van der Waals surface area contributed by atoms with E-state index in [0.717, 1.165) is 34.8 Å². The Morgan fingerprint density at radius 1 is 0.966 bits per heavy atom. The number of amides is 1. The molecule has 0 spiro atoms. The van der Waals surface area contributed by atoms with E-state index in [0.29, 0.717) is 5.41 Å². The van der Waals surface area contributed by atoms with E-state index >= 15 is 0 Å². The molecule has 2 aromatic rings. The second-order valence-corrected chi connectivity index (χ2v) is 9.79. The normalized spacial score (nSPS) is 30.8. The molecule has 0 radical (unpaired) electrons. The van der Waals surface area contributed by atoms with E-state index in [1.54, 1.807) is 6.92 Å². The highest BCUT2D eigenvalue weighted by Crippen LogP contribution is 2.60. The summed E-state index contributed by atoms with van der Waals surface area (Å²) in [6.45, 7) is 3.79. The Hall–Kier alpha value is -2.29. The van der Waals surface area contributed by atoms with Crippen LogP contribution in [0.15, 0.2) is 48.5 Å². The Balaban J connectivity index is 1.25. The first-order valence-electron chi connectivity index (χ1n) is 11.1. The van der Waals surface area contributed by atoms with Gasteiger partial charge in [0.05, 0.1) is 0 Å². The summed E-state index contributed by atoms with van der Waals surface area (Å²) in [5, 5.41) is 3.02. The first-order chi connectivity index (χ1) is 14.0. The van der Waals surface area contributed by atoms with Crippen molar-refractivity contribution < 1.29 is 9.53 Å². The zero-order valence-corrected chi connectivity index (χ0v) is 17.5. The molecule has 4 saturated carbocycles. The van der Waals surface area contributed by atoms with Gasteiger partial charge in [-0.05, 0) is 105 Å². The predicted molar refractivity (Wildman–Crippen MR) is 116 cm³/mol. The van der Waals surface area contributed by atoms with Crippen LogP contribution in [0, 0.1) is 24.7 Å². The molecule has 4 aliphatic carbocycles. The van der Waals surface area contributed by atoms with Gasteiger partial charge in [0.15, 0.2) is 6.10 Å². The van der Waals surface area contributed by atoms with E-state index in [1.165, 1.54) is 44.1 Å². The fourth-order valence-electron chi connectivity index (χ4n) is 6.55. The van der Waals surface area contributed by atoms with Crippen LogP contribution in [0.3, 0.4) is 0 Å². The van der Waals surface area contributed by atoms with Gasteiger partial charge in [-0.25, -0.2) is 0 Å². The van der Waals surface area contributed by atoms with Crippen molar-refractivity contribution in [2.45, 2.75) is 63.9 Å². The largest absolute Gasteiger partial charge is 0.481 e. The Bertz CT molecular complexity index is 866. The van der Waals surface area contributed by atoms with Gasteiger partial charge in [0.2, 0.25) is 0 Å². The van der Waals surface area contributed by atoms with Crippen LogP contribution in [0.25, 0.3) is 0 Å². The number of anilines is 1. The molecule has 4 fully saturated rings. The quantitative estimate of drug-likeness (QED) is 0.694. The summed E-state index contributed by atoms with van der Waals surface area (Å²) >= 11 is 0. The van der Waals surface area contributed by atoms with Gasteiger partial charge in [-0.15, -0.1) is 0 Å². The number of aryl methyl sites for hydroxylation is 1. The van der Waals surface area contributed by atoms with Crippen molar-refractivity contribution in [3.8, 4) is 5.75 Å². The molecule has 2 aromatic carbocycles. The van der Waals surface area contributed by atoms with Gasteiger partial charge in [0.1, 0.15) is 5.75 Å². The fourth-order valence-corrected chi connectivity index (χ4v) is 6.55. The maximum atomic E-state index is 12.6. The zero-order chi connectivity index (χ0) is 20.0. The van der Waals surface area contributed by atoms with Crippen LogP contribution < -0.4 is 10.1 Å². The average molecular weight is 390 g/mol. The van der Waals surface area contributed by atoms with E-state index in [9.17, 15) is 4.79 Å². The summed E-state index contributed by atoms with van der Waals surface area (Å²) in [5.41, 5.74) is 3.77. The minimum absolute atomic E-state index is 0.115. The van der Waals surface area contributed by atoms with Gasteiger partial charge in [-0.3, -0.25) is 4.79 Å². The van der Waals surface area contributed by atoms with E-state index < -0.39 is 6.10 Å². The lowest BCUT2D eigenvalue weighted by Crippen LogP contribution is -2.48. The Kier molecular flexibility index (Phi) is 4.64. The molecule has 0 saturated heterocycles. The van der Waals surface area contributed by atoms with Crippen molar-refractivity contribution in [2.24, 2.45) is 17.8 Å². The summed E-state index contributed by atoms with van der Waals surface area (Å²) in [7, 11) is 0. The molecular formula is C26H31NO2. The predicted octanol–water partition coefficient (Wildman–Crippen LogP) is 5.87. The maximum absolute atomic E-state index is 12.6. The lowest BCUT2D eigenvalue weighted by atomic mass is 9.48. The molecule has 4 aliphatic rings. The minimum atomic E-state index is -0.543. The molecule has 29 heavy (non-hydrogen) atoms. The molecule has 0 unspecified atom stereocenters. The number of para-hydroxylation sites is 1. The van der Waals surface area contributed by atoms with Crippen LogP contribution in [-0.4, -0.2) is 12.0 Å². The minimum Gasteiger partial charge on any atom is -0.481 e. The van der Waals surface area contributed by atoms with Gasteiger partial charge in [-0.1, -0.05) is 30.3 Å². The van der Waals surface area contributed by atoms with Crippen molar-refractivity contribution in [3.63, 3.8) is 0 Å². The van der Waals surface area contributed by atoms with Crippen molar-refractivity contribution in [3.05, 3.63) is 59.7 Å². The van der Waals surface area contributed by atoms with Crippen molar-refractivity contribution in [2.75, 3.05) is 5.32 Å². The molecule has 1 atom stereocenters. The van der Waals surface area contributed by atoms with Gasteiger partial charge < -0.3 is 10.1 Å². The average Bonchev–Trinajstić information content (AvgIpc) is 2.69. The molecule has 1 N–H and O–H groups in total. The smallest absolute Gasteiger partial charge is 0.265 e. The van der Waals surface area contributed by atoms with Crippen LogP contribution in [0.1, 0.15) is 56.6 Å².